The van der Waals surface area contributed by atoms with Crippen molar-refractivity contribution >= 4 is 23.0 Å². The second kappa shape index (κ2) is 8.50. The lowest BCUT2D eigenvalue weighted by atomic mass is 9.86. The fraction of sp³-hybridized carbons (Fsp3) is 0.588. The number of amides is 1. The summed E-state index contributed by atoms with van der Waals surface area (Å²) in [5.41, 5.74) is 6.86. The number of aromatic nitrogens is 1. The van der Waals surface area contributed by atoms with Gasteiger partial charge in [0.2, 0.25) is 11.7 Å². The molecule has 0 spiro atoms. The minimum Gasteiger partial charge on any atom is -0.369 e. The van der Waals surface area contributed by atoms with Crippen molar-refractivity contribution in [2.45, 2.75) is 64.3 Å². The molecule has 0 saturated heterocycles. The van der Waals surface area contributed by atoms with Crippen LogP contribution in [0.2, 0.25) is 0 Å². The fourth-order valence-electron chi connectivity index (χ4n) is 2.89. The van der Waals surface area contributed by atoms with Crippen LogP contribution in [-0.4, -0.2) is 41.0 Å². The molecule has 0 aromatic carbocycles. The molecule has 0 saturated carbocycles. The standard InChI is InChI=1S/C17H25N3O3S/c1-4-12(5-2)23-14-9-11(16(22)17-19-6-7-24-17)8-13(18)15(14)20-10(3)21/h6-7,9,12-15H,4-5,8,18H2,1-3H3,(H,20,21)/t13-,14+,15+/m0/s1. The second-order valence-electron chi connectivity index (χ2n) is 5.99. The molecule has 0 aliphatic heterocycles. The van der Waals surface area contributed by atoms with Crippen LogP contribution in [0.3, 0.4) is 0 Å². The smallest absolute Gasteiger partial charge is 0.217 e. The summed E-state index contributed by atoms with van der Waals surface area (Å²) in [5.74, 6) is -0.267. The van der Waals surface area contributed by atoms with Gasteiger partial charge in [0.15, 0.2) is 5.01 Å². The van der Waals surface area contributed by atoms with Crippen LogP contribution >= 0.6 is 11.3 Å². The molecular weight excluding hydrogens is 326 g/mol. The number of ketones is 1. The zero-order valence-corrected chi connectivity index (χ0v) is 15.1. The number of Topliss-reactive ketones (excluding diaryl/α,β-unsaturated/α-hetero) is 1. The first-order chi connectivity index (χ1) is 11.5. The second-order valence-corrected chi connectivity index (χ2v) is 6.89. The topological polar surface area (TPSA) is 94.3 Å². The summed E-state index contributed by atoms with van der Waals surface area (Å²) in [6.45, 7) is 5.56. The van der Waals surface area contributed by atoms with Gasteiger partial charge in [0.25, 0.3) is 0 Å². The van der Waals surface area contributed by atoms with Crippen LogP contribution in [0.1, 0.15) is 49.8 Å². The quantitative estimate of drug-likeness (QED) is 0.733. The third-order valence-corrected chi connectivity index (χ3v) is 4.96. The minimum atomic E-state index is -0.415. The van der Waals surface area contributed by atoms with Crippen molar-refractivity contribution in [2.75, 3.05) is 0 Å². The van der Waals surface area contributed by atoms with Gasteiger partial charge in [-0.3, -0.25) is 9.59 Å². The molecule has 132 valence electrons. The first kappa shape index (κ1) is 18.8. The third-order valence-electron chi connectivity index (χ3n) is 4.18. The molecule has 0 fully saturated rings. The van der Waals surface area contributed by atoms with Gasteiger partial charge in [-0.1, -0.05) is 13.8 Å². The maximum absolute atomic E-state index is 12.6. The van der Waals surface area contributed by atoms with Crippen LogP contribution in [0.15, 0.2) is 23.2 Å². The van der Waals surface area contributed by atoms with Gasteiger partial charge < -0.3 is 15.8 Å². The Kier molecular flexibility index (Phi) is 6.65. The van der Waals surface area contributed by atoms with Crippen molar-refractivity contribution in [1.29, 1.82) is 0 Å². The van der Waals surface area contributed by atoms with Gasteiger partial charge in [0.05, 0.1) is 18.2 Å². The van der Waals surface area contributed by atoms with E-state index >= 15 is 0 Å². The molecule has 0 unspecified atom stereocenters. The highest BCUT2D eigenvalue weighted by Crippen LogP contribution is 2.26. The van der Waals surface area contributed by atoms with Crippen LogP contribution in [0.25, 0.3) is 0 Å². The van der Waals surface area contributed by atoms with Crippen molar-refractivity contribution in [3.05, 3.63) is 28.2 Å². The maximum atomic E-state index is 12.6. The van der Waals surface area contributed by atoms with Gasteiger partial charge >= 0.3 is 0 Å². The molecule has 0 radical (unpaired) electrons. The lowest BCUT2D eigenvalue weighted by Gasteiger charge is -2.36. The fourth-order valence-corrected chi connectivity index (χ4v) is 3.50. The van der Waals surface area contributed by atoms with Gasteiger partial charge in [-0.2, -0.15) is 0 Å². The number of nitrogens with zero attached hydrogens (tertiary/aromatic N) is 1. The highest BCUT2D eigenvalue weighted by atomic mass is 32.1. The number of hydrogen-bond acceptors (Lipinski definition) is 6. The summed E-state index contributed by atoms with van der Waals surface area (Å²) in [4.78, 5) is 28.2. The monoisotopic (exact) mass is 351 g/mol. The summed E-state index contributed by atoms with van der Waals surface area (Å²) in [6, 6.07) is -0.715. The normalized spacial score (nSPS) is 23.9. The predicted molar refractivity (Wildman–Crippen MR) is 94.0 cm³/mol. The number of hydrogen-bond donors (Lipinski definition) is 2. The van der Waals surface area contributed by atoms with E-state index in [4.69, 9.17) is 10.5 Å². The lowest BCUT2D eigenvalue weighted by molar-refractivity contribution is -0.121. The Morgan fingerprint density at radius 1 is 1.46 bits per heavy atom. The van der Waals surface area contributed by atoms with Crippen LogP contribution in [-0.2, 0) is 9.53 Å². The molecular formula is C17H25N3O3S. The molecule has 1 aliphatic carbocycles. The molecule has 1 aromatic heterocycles. The van der Waals surface area contributed by atoms with Crippen molar-refractivity contribution in [1.82, 2.24) is 10.3 Å². The van der Waals surface area contributed by atoms with Gasteiger partial charge in [-0.05, 0) is 25.3 Å². The van der Waals surface area contributed by atoms with Crippen LogP contribution in [0.4, 0.5) is 0 Å². The van der Waals surface area contributed by atoms with E-state index in [1.165, 1.54) is 18.3 Å². The molecule has 3 N–H and O–H groups in total. The molecule has 1 amide bonds. The zero-order valence-electron chi connectivity index (χ0n) is 14.3. The van der Waals surface area contributed by atoms with E-state index in [1.807, 2.05) is 6.08 Å². The molecule has 0 bridgehead atoms. The molecule has 1 aromatic rings. The number of ether oxygens (including phenoxy) is 1. The molecule has 24 heavy (non-hydrogen) atoms. The molecule has 6 nitrogen and oxygen atoms in total. The van der Waals surface area contributed by atoms with Crippen LogP contribution < -0.4 is 11.1 Å². The Labute approximate surface area is 146 Å². The first-order valence-electron chi connectivity index (χ1n) is 8.29. The number of nitrogens with two attached hydrogens (primary N) is 1. The summed E-state index contributed by atoms with van der Waals surface area (Å²) in [7, 11) is 0. The Bertz CT molecular complexity index is 596. The number of carbonyl (C=O) groups excluding carboxylic acids is 2. The molecule has 1 aliphatic rings. The number of carbonyl (C=O) groups is 2. The van der Waals surface area contributed by atoms with E-state index in [0.29, 0.717) is 17.0 Å². The molecule has 2 rings (SSSR count). The summed E-state index contributed by atoms with van der Waals surface area (Å²) in [6.07, 6.45) is 5.18. The van der Waals surface area contributed by atoms with E-state index in [2.05, 4.69) is 24.1 Å². The molecule has 1 heterocycles. The zero-order chi connectivity index (χ0) is 17.7. The number of nitrogens with one attached hydrogen (secondary N) is 1. The van der Waals surface area contributed by atoms with Crippen molar-refractivity contribution < 1.29 is 14.3 Å². The Hall–Kier alpha value is -1.57. The third kappa shape index (κ3) is 4.49. The first-order valence-corrected chi connectivity index (χ1v) is 9.17. The van der Waals surface area contributed by atoms with Gasteiger partial charge in [-0.25, -0.2) is 4.98 Å². The predicted octanol–water partition coefficient (Wildman–Crippen LogP) is 2.06. The van der Waals surface area contributed by atoms with Gasteiger partial charge in [0.1, 0.15) is 0 Å². The number of rotatable bonds is 7. The Balaban J connectivity index is 2.27. The number of thiazole rings is 1. The van der Waals surface area contributed by atoms with Crippen molar-refractivity contribution in [3.8, 4) is 0 Å². The average molecular weight is 351 g/mol. The summed E-state index contributed by atoms with van der Waals surface area (Å²) < 4.78 is 6.13. The van der Waals surface area contributed by atoms with Crippen molar-refractivity contribution in [3.63, 3.8) is 0 Å². The maximum Gasteiger partial charge on any atom is 0.217 e. The molecule has 7 heteroatoms. The molecule has 3 atom stereocenters. The van der Waals surface area contributed by atoms with E-state index in [-0.39, 0.29) is 29.9 Å². The van der Waals surface area contributed by atoms with Gasteiger partial charge in [-0.15, -0.1) is 11.3 Å². The Morgan fingerprint density at radius 2 is 2.17 bits per heavy atom. The van der Waals surface area contributed by atoms with E-state index in [0.717, 1.165) is 12.8 Å². The highest BCUT2D eigenvalue weighted by molar-refractivity contribution is 7.11. The summed E-state index contributed by atoms with van der Waals surface area (Å²) in [5, 5.41) is 5.10. The lowest BCUT2D eigenvalue weighted by Crippen LogP contribution is -2.57. The minimum absolute atomic E-state index is 0.0593. The van der Waals surface area contributed by atoms with E-state index in [9.17, 15) is 9.59 Å². The van der Waals surface area contributed by atoms with Gasteiger partial charge in [0, 0.05) is 30.1 Å². The van der Waals surface area contributed by atoms with Crippen LogP contribution in [0.5, 0.6) is 0 Å². The van der Waals surface area contributed by atoms with Crippen molar-refractivity contribution in [2.24, 2.45) is 5.73 Å². The van der Waals surface area contributed by atoms with E-state index < -0.39 is 6.10 Å². The summed E-state index contributed by atoms with van der Waals surface area (Å²) >= 11 is 1.31. The average Bonchev–Trinajstić information content (AvgIpc) is 3.08. The Morgan fingerprint density at radius 3 is 2.71 bits per heavy atom. The SMILES string of the molecule is CCC(CC)O[C@@H]1C=C(C(=O)c2nccs2)C[C@H](N)[C@H]1NC(C)=O. The highest BCUT2D eigenvalue weighted by Gasteiger charge is 2.36. The van der Waals surface area contributed by atoms with E-state index in [1.54, 1.807) is 11.6 Å². The van der Waals surface area contributed by atoms with Crippen LogP contribution in [0, 0.1) is 0 Å². The largest absolute Gasteiger partial charge is 0.369 e.